The largest absolute Gasteiger partial charge is 0.494 e. The number of aromatic nitrogens is 1. The predicted octanol–water partition coefficient (Wildman–Crippen LogP) is 3.21. The molecule has 0 amide bonds. The molecule has 3 rings (SSSR count). The average molecular weight is 257 g/mol. The van der Waals surface area contributed by atoms with E-state index >= 15 is 0 Å². The van der Waals surface area contributed by atoms with Crippen LogP contribution in [0.5, 0.6) is 5.75 Å². The molecule has 0 unspecified atom stereocenters. The first-order valence-corrected chi connectivity index (χ1v) is 6.50. The normalized spacial score (nSPS) is 14.6. The lowest BCUT2D eigenvalue weighted by molar-refractivity contribution is 0.0699. The summed E-state index contributed by atoms with van der Waals surface area (Å²) in [6.45, 7) is 2.46. The molecule has 0 aliphatic heterocycles. The van der Waals surface area contributed by atoms with Gasteiger partial charge >= 0.3 is 5.97 Å². The molecule has 1 saturated carbocycles. The molecule has 1 fully saturated rings. The summed E-state index contributed by atoms with van der Waals surface area (Å²) in [5.41, 5.74) is 1.94. The van der Waals surface area contributed by atoms with E-state index in [1.165, 1.54) is 0 Å². The summed E-state index contributed by atoms with van der Waals surface area (Å²) in [5, 5.41) is 10.0. The number of ether oxygens (including phenoxy) is 1. The van der Waals surface area contributed by atoms with Crippen molar-refractivity contribution < 1.29 is 14.6 Å². The van der Waals surface area contributed by atoms with E-state index in [1.807, 2.05) is 19.1 Å². The minimum Gasteiger partial charge on any atom is -0.494 e. The number of fused-ring (bicyclic) bond motifs is 1. The Labute approximate surface area is 111 Å². The molecule has 19 heavy (non-hydrogen) atoms. The molecule has 1 heterocycles. The average Bonchev–Trinajstić information content (AvgIpc) is 3.22. The zero-order valence-corrected chi connectivity index (χ0v) is 10.7. The molecule has 1 N–H and O–H groups in total. The summed E-state index contributed by atoms with van der Waals surface area (Å²) in [6, 6.07) is 7.13. The highest BCUT2D eigenvalue weighted by Crippen LogP contribution is 2.40. The molecule has 4 heteroatoms. The highest BCUT2D eigenvalue weighted by molar-refractivity contribution is 6.03. The molecule has 2 aromatic rings. The number of benzene rings is 1. The second-order valence-corrected chi connectivity index (χ2v) is 4.79. The summed E-state index contributed by atoms with van der Waals surface area (Å²) < 4.78 is 5.42. The number of nitrogens with zero attached hydrogens (tertiary/aromatic N) is 1. The van der Waals surface area contributed by atoms with E-state index in [1.54, 1.807) is 12.1 Å². The van der Waals surface area contributed by atoms with Crippen LogP contribution in [0.3, 0.4) is 0 Å². The summed E-state index contributed by atoms with van der Waals surface area (Å²) in [6.07, 6.45) is 2.21. The lowest BCUT2D eigenvalue weighted by Gasteiger charge is -2.08. The standard InChI is InChI=1S/C15H15NO3/c1-2-19-10-5-6-13-11(7-10)12(15(17)18)8-14(16-13)9-3-4-9/h5-9H,2-4H2,1H3,(H,17,18). The molecule has 1 aromatic carbocycles. The van der Waals surface area contributed by atoms with Crippen LogP contribution in [0.25, 0.3) is 10.9 Å². The molecular weight excluding hydrogens is 242 g/mol. The van der Waals surface area contributed by atoms with Crippen molar-refractivity contribution in [1.29, 1.82) is 0 Å². The van der Waals surface area contributed by atoms with Crippen molar-refractivity contribution in [3.05, 3.63) is 35.5 Å². The van der Waals surface area contributed by atoms with Crippen LogP contribution in [0.1, 0.15) is 41.7 Å². The van der Waals surface area contributed by atoms with Crippen molar-refractivity contribution in [2.45, 2.75) is 25.7 Å². The lowest BCUT2D eigenvalue weighted by Crippen LogP contribution is -2.02. The van der Waals surface area contributed by atoms with Gasteiger partial charge in [0.15, 0.2) is 0 Å². The molecular formula is C15H15NO3. The number of aromatic carboxylic acids is 1. The Morgan fingerprint density at radius 3 is 2.84 bits per heavy atom. The number of carboxylic acid groups (broad SMARTS) is 1. The molecule has 0 saturated heterocycles. The Hall–Kier alpha value is -2.10. The van der Waals surface area contributed by atoms with E-state index in [2.05, 4.69) is 4.98 Å². The van der Waals surface area contributed by atoms with Crippen LogP contribution in [-0.2, 0) is 0 Å². The molecule has 0 atom stereocenters. The van der Waals surface area contributed by atoms with Gasteiger partial charge in [0.05, 0.1) is 17.7 Å². The van der Waals surface area contributed by atoms with Crippen LogP contribution in [0.15, 0.2) is 24.3 Å². The molecule has 0 spiro atoms. The van der Waals surface area contributed by atoms with Crippen molar-refractivity contribution in [1.82, 2.24) is 4.98 Å². The van der Waals surface area contributed by atoms with Crippen LogP contribution in [0.2, 0.25) is 0 Å². The number of rotatable bonds is 4. The molecule has 98 valence electrons. The highest BCUT2D eigenvalue weighted by atomic mass is 16.5. The number of hydrogen-bond donors (Lipinski definition) is 1. The van der Waals surface area contributed by atoms with Crippen molar-refractivity contribution in [2.75, 3.05) is 6.61 Å². The summed E-state index contributed by atoms with van der Waals surface area (Å²) in [5.74, 6) is 0.204. The molecule has 1 aliphatic rings. The maximum Gasteiger partial charge on any atom is 0.336 e. The zero-order chi connectivity index (χ0) is 13.4. The third-order valence-electron chi connectivity index (χ3n) is 3.34. The number of carboxylic acids is 1. The highest BCUT2D eigenvalue weighted by Gasteiger charge is 2.27. The van der Waals surface area contributed by atoms with E-state index in [4.69, 9.17) is 4.74 Å². The van der Waals surface area contributed by atoms with Gasteiger partial charge in [-0.2, -0.15) is 0 Å². The van der Waals surface area contributed by atoms with Crippen LogP contribution < -0.4 is 4.74 Å². The molecule has 0 radical (unpaired) electrons. The molecule has 1 aliphatic carbocycles. The third-order valence-corrected chi connectivity index (χ3v) is 3.34. The number of hydrogen-bond acceptors (Lipinski definition) is 3. The van der Waals surface area contributed by atoms with E-state index in [0.717, 1.165) is 24.1 Å². The van der Waals surface area contributed by atoms with Crippen molar-refractivity contribution in [2.24, 2.45) is 0 Å². The Morgan fingerprint density at radius 1 is 1.42 bits per heavy atom. The van der Waals surface area contributed by atoms with Crippen LogP contribution >= 0.6 is 0 Å². The molecule has 1 aromatic heterocycles. The fraction of sp³-hybridized carbons (Fsp3) is 0.333. The van der Waals surface area contributed by atoms with Gasteiger partial charge in [-0.05, 0) is 44.0 Å². The van der Waals surface area contributed by atoms with Gasteiger partial charge in [0.1, 0.15) is 5.75 Å². The predicted molar refractivity (Wildman–Crippen MR) is 71.8 cm³/mol. The summed E-state index contributed by atoms with van der Waals surface area (Å²) >= 11 is 0. The maximum atomic E-state index is 11.4. The van der Waals surface area contributed by atoms with Gasteiger partial charge in [0.2, 0.25) is 0 Å². The number of carbonyl (C=O) groups is 1. The number of pyridine rings is 1. The van der Waals surface area contributed by atoms with Gasteiger partial charge in [-0.1, -0.05) is 0 Å². The van der Waals surface area contributed by atoms with Crippen molar-refractivity contribution in [3.63, 3.8) is 0 Å². The Bertz CT molecular complexity index is 647. The monoisotopic (exact) mass is 257 g/mol. The summed E-state index contributed by atoms with van der Waals surface area (Å²) in [7, 11) is 0. The van der Waals surface area contributed by atoms with E-state index in [0.29, 0.717) is 29.2 Å². The Morgan fingerprint density at radius 2 is 2.21 bits per heavy atom. The van der Waals surface area contributed by atoms with Crippen molar-refractivity contribution in [3.8, 4) is 5.75 Å². The quantitative estimate of drug-likeness (QED) is 0.913. The van der Waals surface area contributed by atoms with E-state index < -0.39 is 5.97 Å². The lowest BCUT2D eigenvalue weighted by atomic mass is 10.1. The fourth-order valence-corrected chi connectivity index (χ4v) is 2.25. The topological polar surface area (TPSA) is 59.4 Å². The van der Waals surface area contributed by atoms with Crippen LogP contribution in [-0.4, -0.2) is 22.7 Å². The van der Waals surface area contributed by atoms with Gasteiger partial charge in [-0.15, -0.1) is 0 Å². The first-order chi connectivity index (χ1) is 9.19. The Kier molecular flexibility index (Phi) is 2.85. The Balaban J connectivity index is 2.18. The first-order valence-electron chi connectivity index (χ1n) is 6.50. The third kappa shape index (κ3) is 2.26. The summed E-state index contributed by atoms with van der Waals surface area (Å²) in [4.78, 5) is 16.0. The smallest absolute Gasteiger partial charge is 0.336 e. The van der Waals surface area contributed by atoms with Gasteiger partial charge in [-0.3, -0.25) is 4.98 Å². The van der Waals surface area contributed by atoms with Crippen molar-refractivity contribution >= 4 is 16.9 Å². The van der Waals surface area contributed by atoms with E-state index in [9.17, 15) is 9.90 Å². The minimum absolute atomic E-state index is 0.313. The van der Waals surface area contributed by atoms with E-state index in [-0.39, 0.29) is 0 Å². The first kappa shape index (κ1) is 12.0. The second kappa shape index (κ2) is 4.53. The second-order valence-electron chi connectivity index (χ2n) is 4.79. The molecule has 0 bridgehead atoms. The van der Waals surface area contributed by atoms with Gasteiger partial charge in [-0.25, -0.2) is 4.79 Å². The van der Waals surface area contributed by atoms with Gasteiger partial charge in [0.25, 0.3) is 0 Å². The van der Waals surface area contributed by atoms with Gasteiger partial charge < -0.3 is 9.84 Å². The van der Waals surface area contributed by atoms with Crippen LogP contribution in [0, 0.1) is 0 Å². The van der Waals surface area contributed by atoms with Crippen LogP contribution in [0.4, 0.5) is 0 Å². The fourth-order valence-electron chi connectivity index (χ4n) is 2.25. The molecule has 4 nitrogen and oxygen atoms in total. The van der Waals surface area contributed by atoms with Gasteiger partial charge in [0, 0.05) is 17.0 Å². The maximum absolute atomic E-state index is 11.4. The minimum atomic E-state index is -0.914. The zero-order valence-electron chi connectivity index (χ0n) is 10.7. The SMILES string of the molecule is CCOc1ccc2nc(C3CC3)cc(C(=O)O)c2c1.